The number of carbonyl (C=O) groups is 1. The Bertz CT molecular complexity index is 499. The van der Waals surface area contributed by atoms with Gasteiger partial charge in [0, 0.05) is 17.5 Å². The van der Waals surface area contributed by atoms with Crippen LogP contribution in [0.25, 0.3) is 0 Å². The normalized spacial score (nSPS) is 27.4. The van der Waals surface area contributed by atoms with E-state index in [0.717, 1.165) is 18.4 Å². The van der Waals surface area contributed by atoms with Crippen molar-refractivity contribution in [2.45, 2.75) is 37.3 Å². The molecule has 0 spiro atoms. The zero-order valence-corrected chi connectivity index (χ0v) is 10.6. The number of nitro groups is 1. The maximum absolute atomic E-state index is 12.3. The Morgan fingerprint density at radius 1 is 1.16 bits per heavy atom. The fraction of sp³-hybridized carbons (Fsp3) is 0.500. The van der Waals surface area contributed by atoms with Gasteiger partial charge in [0.15, 0.2) is 0 Å². The maximum Gasteiger partial charge on any atom is 0.298 e. The Balaban J connectivity index is 1.88. The number of carbonyl (C=O) groups excluding carboxylic acids is 1. The number of amides is 1. The average Bonchev–Trinajstić information content (AvgIpc) is 3.23. The first kappa shape index (κ1) is 12.1. The molecule has 2 aliphatic rings. The van der Waals surface area contributed by atoms with E-state index in [1.54, 1.807) is 4.90 Å². The second kappa shape index (κ2) is 4.64. The fourth-order valence-electron chi connectivity index (χ4n) is 2.92. The SMILES string of the molecule is O=C1[C@@H]([N+](=O)[O-])[C@@H](c2ccccc2)CCN1C1CC1. The third kappa shape index (κ3) is 2.20. The predicted molar refractivity (Wildman–Crippen MR) is 69.3 cm³/mol. The zero-order valence-electron chi connectivity index (χ0n) is 10.6. The number of hydrogen-bond donors (Lipinski definition) is 0. The minimum atomic E-state index is -1.11. The lowest BCUT2D eigenvalue weighted by atomic mass is 9.85. The van der Waals surface area contributed by atoms with Gasteiger partial charge < -0.3 is 4.90 Å². The summed E-state index contributed by atoms with van der Waals surface area (Å²) in [6, 6.07) is 8.51. The van der Waals surface area contributed by atoms with E-state index in [4.69, 9.17) is 0 Å². The van der Waals surface area contributed by atoms with E-state index >= 15 is 0 Å². The summed E-state index contributed by atoms with van der Waals surface area (Å²) >= 11 is 0. The van der Waals surface area contributed by atoms with E-state index < -0.39 is 11.0 Å². The molecule has 0 aromatic heterocycles. The Hall–Kier alpha value is -1.91. The van der Waals surface area contributed by atoms with Crippen LogP contribution in [0.4, 0.5) is 0 Å². The molecule has 100 valence electrons. The Morgan fingerprint density at radius 2 is 1.84 bits per heavy atom. The van der Waals surface area contributed by atoms with Gasteiger partial charge in [0.2, 0.25) is 0 Å². The average molecular weight is 260 g/mol. The largest absolute Gasteiger partial charge is 0.334 e. The van der Waals surface area contributed by atoms with Crippen molar-refractivity contribution < 1.29 is 9.72 Å². The molecule has 1 amide bonds. The van der Waals surface area contributed by atoms with Gasteiger partial charge in [-0.3, -0.25) is 14.9 Å². The lowest BCUT2D eigenvalue weighted by Crippen LogP contribution is -2.52. The summed E-state index contributed by atoms with van der Waals surface area (Å²) < 4.78 is 0. The van der Waals surface area contributed by atoms with E-state index in [-0.39, 0.29) is 17.9 Å². The van der Waals surface area contributed by atoms with E-state index in [1.807, 2.05) is 30.3 Å². The van der Waals surface area contributed by atoms with Crippen LogP contribution in [0.2, 0.25) is 0 Å². The van der Waals surface area contributed by atoms with Gasteiger partial charge in [0.05, 0.1) is 5.92 Å². The van der Waals surface area contributed by atoms with Crippen LogP contribution in [-0.4, -0.2) is 34.4 Å². The van der Waals surface area contributed by atoms with Crippen molar-refractivity contribution in [2.75, 3.05) is 6.54 Å². The van der Waals surface area contributed by atoms with Crippen LogP contribution in [0.3, 0.4) is 0 Å². The van der Waals surface area contributed by atoms with Crippen LogP contribution in [-0.2, 0) is 4.79 Å². The van der Waals surface area contributed by atoms with Gasteiger partial charge >= 0.3 is 0 Å². The number of benzene rings is 1. The van der Waals surface area contributed by atoms with Crippen LogP contribution >= 0.6 is 0 Å². The molecular weight excluding hydrogens is 244 g/mol. The smallest absolute Gasteiger partial charge is 0.298 e. The number of nitrogens with zero attached hydrogens (tertiary/aromatic N) is 2. The number of likely N-dealkylation sites (tertiary alicyclic amines) is 1. The van der Waals surface area contributed by atoms with Gasteiger partial charge in [-0.2, -0.15) is 0 Å². The number of hydrogen-bond acceptors (Lipinski definition) is 3. The molecule has 0 radical (unpaired) electrons. The summed E-state index contributed by atoms with van der Waals surface area (Å²) in [5.74, 6) is -0.591. The van der Waals surface area contributed by atoms with Crippen molar-refractivity contribution in [1.82, 2.24) is 4.90 Å². The van der Waals surface area contributed by atoms with Gasteiger partial charge in [0.25, 0.3) is 11.9 Å². The quantitative estimate of drug-likeness (QED) is 0.615. The summed E-state index contributed by atoms with van der Waals surface area (Å²) in [5.41, 5.74) is 0.896. The molecule has 1 aromatic carbocycles. The number of piperidine rings is 1. The first-order valence-corrected chi connectivity index (χ1v) is 6.67. The van der Waals surface area contributed by atoms with Crippen LogP contribution < -0.4 is 0 Å². The minimum absolute atomic E-state index is 0.256. The molecule has 19 heavy (non-hydrogen) atoms. The van der Waals surface area contributed by atoms with Crippen LogP contribution in [0, 0.1) is 10.1 Å². The fourth-order valence-corrected chi connectivity index (χ4v) is 2.92. The lowest BCUT2D eigenvalue weighted by molar-refractivity contribution is -0.515. The highest BCUT2D eigenvalue weighted by atomic mass is 16.6. The van der Waals surface area contributed by atoms with Crippen LogP contribution in [0.1, 0.15) is 30.7 Å². The van der Waals surface area contributed by atoms with E-state index in [2.05, 4.69) is 0 Å². The van der Waals surface area contributed by atoms with Crippen molar-refractivity contribution in [1.29, 1.82) is 0 Å². The Labute approximate surface area is 111 Å². The van der Waals surface area contributed by atoms with Gasteiger partial charge in [-0.05, 0) is 24.8 Å². The zero-order chi connectivity index (χ0) is 13.4. The van der Waals surface area contributed by atoms with Crippen molar-refractivity contribution in [2.24, 2.45) is 0 Å². The molecule has 0 N–H and O–H groups in total. The molecule has 1 heterocycles. The molecule has 1 aliphatic carbocycles. The molecule has 0 bridgehead atoms. The van der Waals surface area contributed by atoms with Gasteiger partial charge in [-0.25, -0.2) is 0 Å². The first-order valence-electron chi connectivity index (χ1n) is 6.67. The van der Waals surface area contributed by atoms with Crippen molar-refractivity contribution in [3.63, 3.8) is 0 Å². The maximum atomic E-state index is 12.3. The van der Waals surface area contributed by atoms with E-state index in [9.17, 15) is 14.9 Å². The number of rotatable bonds is 3. The standard InChI is InChI=1S/C14H16N2O3/c17-14-13(16(18)19)12(10-4-2-1-3-5-10)8-9-15(14)11-6-7-11/h1-5,11-13H,6-9H2/t12-,13+/m1/s1. The molecule has 2 atom stereocenters. The molecule has 1 aromatic rings. The highest BCUT2D eigenvalue weighted by molar-refractivity contribution is 5.83. The summed E-state index contributed by atoms with van der Waals surface area (Å²) in [5, 5.41) is 11.3. The Morgan fingerprint density at radius 3 is 2.42 bits per heavy atom. The first-order chi connectivity index (χ1) is 9.18. The monoisotopic (exact) mass is 260 g/mol. The molecular formula is C14H16N2O3. The molecule has 0 unspecified atom stereocenters. The molecule has 1 saturated carbocycles. The third-order valence-electron chi connectivity index (χ3n) is 4.04. The van der Waals surface area contributed by atoms with Gasteiger partial charge in [-0.15, -0.1) is 0 Å². The summed E-state index contributed by atoms with van der Waals surface area (Å²) in [4.78, 5) is 24.9. The van der Waals surface area contributed by atoms with Gasteiger partial charge in [-0.1, -0.05) is 30.3 Å². The molecule has 2 fully saturated rings. The summed E-state index contributed by atoms with van der Waals surface area (Å²) in [6.07, 6.45) is 2.66. The predicted octanol–water partition coefficient (Wildman–Crippen LogP) is 1.81. The van der Waals surface area contributed by atoms with Crippen LogP contribution in [0.5, 0.6) is 0 Å². The molecule has 5 heteroatoms. The summed E-state index contributed by atoms with van der Waals surface area (Å²) in [7, 11) is 0. The van der Waals surface area contributed by atoms with Crippen molar-refractivity contribution >= 4 is 5.91 Å². The van der Waals surface area contributed by atoms with Crippen molar-refractivity contribution in [3.8, 4) is 0 Å². The topological polar surface area (TPSA) is 63.4 Å². The Kier molecular flexibility index (Phi) is 2.97. The molecule has 1 aliphatic heterocycles. The van der Waals surface area contributed by atoms with E-state index in [0.29, 0.717) is 13.0 Å². The van der Waals surface area contributed by atoms with Crippen LogP contribution in [0.15, 0.2) is 30.3 Å². The third-order valence-corrected chi connectivity index (χ3v) is 4.04. The molecule has 1 saturated heterocycles. The van der Waals surface area contributed by atoms with Crippen molar-refractivity contribution in [3.05, 3.63) is 46.0 Å². The van der Waals surface area contributed by atoms with Gasteiger partial charge in [0.1, 0.15) is 0 Å². The minimum Gasteiger partial charge on any atom is -0.334 e. The molecule has 3 rings (SSSR count). The highest BCUT2D eigenvalue weighted by Crippen LogP contribution is 2.36. The summed E-state index contributed by atoms with van der Waals surface area (Å²) in [6.45, 7) is 0.646. The second-order valence-corrected chi connectivity index (χ2v) is 5.30. The lowest BCUT2D eigenvalue weighted by Gasteiger charge is -2.33. The second-order valence-electron chi connectivity index (χ2n) is 5.30. The van der Waals surface area contributed by atoms with E-state index in [1.165, 1.54) is 0 Å². The highest BCUT2D eigenvalue weighted by Gasteiger charge is 2.49. The molecule has 5 nitrogen and oxygen atoms in total.